The van der Waals surface area contributed by atoms with E-state index in [0.29, 0.717) is 28.1 Å². The Kier molecular flexibility index (Phi) is 5.46. The van der Waals surface area contributed by atoms with Crippen LogP contribution in [0.1, 0.15) is 13.3 Å². The van der Waals surface area contributed by atoms with Gasteiger partial charge in [-0.3, -0.25) is 4.79 Å². The molecule has 0 atom stereocenters. The SMILES string of the molecule is CCCNC(=O)CSc1nnc(-c2ccccc2Cl)n1N. The Labute approximate surface area is 132 Å². The summed E-state index contributed by atoms with van der Waals surface area (Å²) in [5, 5.41) is 11.8. The van der Waals surface area contributed by atoms with Crippen LogP contribution in [0.4, 0.5) is 0 Å². The second kappa shape index (κ2) is 7.33. The largest absolute Gasteiger partial charge is 0.355 e. The zero-order chi connectivity index (χ0) is 15.2. The quantitative estimate of drug-likeness (QED) is 0.626. The molecule has 3 N–H and O–H groups in total. The first kappa shape index (κ1) is 15.7. The van der Waals surface area contributed by atoms with Crippen LogP contribution < -0.4 is 11.2 Å². The summed E-state index contributed by atoms with van der Waals surface area (Å²) in [7, 11) is 0. The smallest absolute Gasteiger partial charge is 0.230 e. The number of rotatable bonds is 6. The van der Waals surface area contributed by atoms with Crippen LogP contribution in [-0.2, 0) is 4.79 Å². The highest BCUT2D eigenvalue weighted by Gasteiger charge is 2.15. The molecular formula is C13H16ClN5OS. The van der Waals surface area contributed by atoms with Gasteiger partial charge in [0.15, 0.2) is 5.82 Å². The number of hydrogen-bond donors (Lipinski definition) is 2. The first-order valence-corrected chi connectivity index (χ1v) is 7.84. The highest BCUT2D eigenvalue weighted by atomic mass is 35.5. The molecule has 1 heterocycles. The van der Waals surface area contributed by atoms with E-state index in [-0.39, 0.29) is 11.7 Å². The lowest BCUT2D eigenvalue weighted by atomic mass is 10.2. The molecule has 1 amide bonds. The third kappa shape index (κ3) is 3.89. The monoisotopic (exact) mass is 325 g/mol. The highest BCUT2D eigenvalue weighted by molar-refractivity contribution is 7.99. The minimum Gasteiger partial charge on any atom is -0.355 e. The molecule has 0 saturated heterocycles. The standard InChI is InChI=1S/C13H16ClN5OS/c1-2-7-16-11(20)8-21-13-18-17-12(19(13)15)9-5-3-4-6-10(9)14/h3-6H,2,7-8,15H2,1H3,(H,16,20). The van der Waals surface area contributed by atoms with Crippen molar-refractivity contribution in [2.75, 3.05) is 18.1 Å². The molecule has 2 rings (SSSR count). The number of nitrogens with one attached hydrogen (secondary N) is 1. The van der Waals surface area contributed by atoms with Gasteiger partial charge in [0.25, 0.3) is 0 Å². The number of amides is 1. The lowest BCUT2D eigenvalue weighted by Crippen LogP contribution is -2.26. The average Bonchev–Trinajstić information content (AvgIpc) is 2.84. The summed E-state index contributed by atoms with van der Waals surface area (Å²) in [6, 6.07) is 7.26. The topological polar surface area (TPSA) is 85.8 Å². The molecule has 0 aliphatic rings. The average molecular weight is 326 g/mol. The zero-order valence-electron chi connectivity index (χ0n) is 11.5. The van der Waals surface area contributed by atoms with E-state index < -0.39 is 0 Å². The van der Waals surface area contributed by atoms with E-state index in [1.807, 2.05) is 25.1 Å². The van der Waals surface area contributed by atoms with Crippen LogP contribution in [0, 0.1) is 0 Å². The van der Waals surface area contributed by atoms with Crippen molar-refractivity contribution in [3.8, 4) is 11.4 Å². The second-order valence-corrected chi connectivity index (χ2v) is 5.64. The lowest BCUT2D eigenvalue weighted by molar-refractivity contribution is -0.118. The van der Waals surface area contributed by atoms with Gasteiger partial charge in [0.2, 0.25) is 11.1 Å². The van der Waals surface area contributed by atoms with E-state index >= 15 is 0 Å². The van der Waals surface area contributed by atoms with Gasteiger partial charge in [0.1, 0.15) is 0 Å². The number of thioether (sulfide) groups is 1. The molecule has 0 aliphatic heterocycles. The summed E-state index contributed by atoms with van der Waals surface area (Å²) in [5.74, 6) is 6.64. The van der Waals surface area contributed by atoms with Crippen LogP contribution in [0.2, 0.25) is 5.02 Å². The van der Waals surface area contributed by atoms with Gasteiger partial charge in [-0.1, -0.05) is 42.4 Å². The molecule has 0 bridgehead atoms. The molecule has 8 heteroatoms. The predicted molar refractivity (Wildman–Crippen MR) is 84.6 cm³/mol. The van der Waals surface area contributed by atoms with Gasteiger partial charge in [-0.2, -0.15) is 0 Å². The van der Waals surface area contributed by atoms with E-state index in [4.69, 9.17) is 17.4 Å². The summed E-state index contributed by atoms with van der Waals surface area (Å²) < 4.78 is 1.35. The van der Waals surface area contributed by atoms with Gasteiger partial charge < -0.3 is 11.2 Å². The Balaban J connectivity index is 2.07. The minimum atomic E-state index is -0.0517. The lowest BCUT2D eigenvalue weighted by Gasteiger charge is -2.05. The number of carbonyl (C=O) groups excluding carboxylic acids is 1. The van der Waals surface area contributed by atoms with Gasteiger partial charge in [-0.25, -0.2) is 4.68 Å². The molecule has 112 valence electrons. The Hall–Kier alpha value is -1.73. The number of nitrogens with two attached hydrogens (primary N) is 1. The molecule has 0 radical (unpaired) electrons. The molecule has 1 aromatic heterocycles. The van der Waals surface area contributed by atoms with Crippen molar-refractivity contribution in [3.63, 3.8) is 0 Å². The van der Waals surface area contributed by atoms with Gasteiger partial charge in [0.05, 0.1) is 10.8 Å². The number of hydrogen-bond acceptors (Lipinski definition) is 5. The van der Waals surface area contributed by atoms with Crippen molar-refractivity contribution in [1.29, 1.82) is 0 Å². The second-order valence-electron chi connectivity index (χ2n) is 4.29. The Morgan fingerprint density at radius 1 is 1.43 bits per heavy atom. The fourth-order valence-electron chi connectivity index (χ4n) is 1.65. The summed E-state index contributed by atoms with van der Waals surface area (Å²) in [6.07, 6.45) is 0.903. The first-order chi connectivity index (χ1) is 10.1. The number of nitrogens with zero attached hydrogens (tertiary/aromatic N) is 3. The third-order valence-electron chi connectivity index (χ3n) is 2.68. The third-order valence-corrected chi connectivity index (χ3v) is 3.96. The van der Waals surface area contributed by atoms with Gasteiger partial charge in [-0.15, -0.1) is 10.2 Å². The maximum absolute atomic E-state index is 11.6. The fraction of sp³-hybridized carbons (Fsp3) is 0.308. The van der Waals surface area contributed by atoms with Crippen LogP contribution in [0.3, 0.4) is 0 Å². The summed E-state index contributed by atoms with van der Waals surface area (Å²) >= 11 is 7.35. The van der Waals surface area contributed by atoms with Crippen molar-refractivity contribution >= 4 is 29.3 Å². The van der Waals surface area contributed by atoms with Crippen LogP contribution >= 0.6 is 23.4 Å². The molecule has 6 nitrogen and oxygen atoms in total. The van der Waals surface area contributed by atoms with Crippen LogP contribution in [0.5, 0.6) is 0 Å². The predicted octanol–water partition coefficient (Wildman–Crippen LogP) is 1.93. The Bertz CT molecular complexity index is 631. The molecular weight excluding hydrogens is 310 g/mol. The molecule has 0 aliphatic carbocycles. The normalized spacial score (nSPS) is 10.6. The van der Waals surface area contributed by atoms with E-state index in [9.17, 15) is 4.79 Å². The Morgan fingerprint density at radius 3 is 2.90 bits per heavy atom. The maximum atomic E-state index is 11.6. The first-order valence-electron chi connectivity index (χ1n) is 6.48. The number of nitrogen functional groups attached to an aromatic ring is 1. The van der Waals surface area contributed by atoms with E-state index in [1.165, 1.54) is 16.4 Å². The number of aromatic nitrogens is 3. The van der Waals surface area contributed by atoms with Gasteiger partial charge in [-0.05, 0) is 18.6 Å². The van der Waals surface area contributed by atoms with Crippen LogP contribution in [0.15, 0.2) is 29.4 Å². The molecule has 0 unspecified atom stereocenters. The summed E-state index contributed by atoms with van der Waals surface area (Å²) in [4.78, 5) is 11.6. The summed E-state index contributed by atoms with van der Waals surface area (Å²) in [5.41, 5.74) is 0.705. The Morgan fingerprint density at radius 2 is 2.19 bits per heavy atom. The molecule has 0 saturated carbocycles. The van der Waals surface area contributed by atoms with E-state index in [1.54, 1.807) is 6.07 Å². The molecule has 0 spiro atoms. The van der Waals surface area contributed by atoms with Crippen molar-refractivity contribution in [2.24, 2.45) is 0 Å². The molecule has 1 aromatic carbocycles. The fourth-order valence-corrected chi connectivity index (χ4v) is 2.55. The maximum Gasteiger partial charge on any atom is 0.230 e. The van der Waals surface area contributed by atoms with Crippen LogP contribution in [0.25, 0.3) is 11.4 Å². The highest BCUT2D eigenvalue weighted by Crippen LogP contribution is 2.27. The van der Waals surface area contributed by atoms with Crippen molar-refractivity contribution in [1.82, 2.24) is 20.2 Å². The van der Waals surface area contributed by atoms with Crippen LogP contribution in [-0.4, -0.2) is 33.1 Å². The summed E-state index contributed by atoms with van der Waals surface area (Å²) in [6.45, 7) is 2.67. The van der Waals surface area contributed by atoms with Crippen molar-refractivity contribution in [2.45, 2.75) is 18.5 Å². The van der Waals surface area contributed by atoms with E-state index in [0.717, 1.165) is 6.42 Å². The molecule has 2 aromatic rings. The van der Waals surface area contributed by atoms with Crippen molar-refractivity contribution in [3.05, 3.63) is 29.3 Å². The van der Waals surface area contributed by atoms with Crippen molar-refractivity contribution < 1.29 is 4.79 Å². The number of benzene rings is 1. The zero-order valence-corrected chi connectivity index (χ0v) is 13.1. The molecule has 21 heavy (non-hydrogen) atoms. The number of carbonyl (C=O) groups is 1. The van der Waals surface area contributed by atoms with Gasteiger partial charge >= 0.3 is 0 Å². The van der Waals surface area contributed by atoms with Gasteiger partial charge in [0, 0.05) is 12.1 Å². The number of halogens is 1. The van der Waals surface area contributed by atoms with E-state index in [2.05, 4.69) is 15.5 Å². The molecule has 0 fully saturated rings. The minimum absolute atomic E-state index is 0.0517.